The molecule has 0 spiro atoms. The maximum atomic E-state index is 8.34. The largest absolute Gasteiger partial charge is 0.409 e. The fourth-order valence-corrected chi connectivity index (χ4v) is 2.07. The van der Waals surface area contributed by atoms with E-state index in [1.807, 2.05) is 11.8 Å². The third-order valence-corrected chi connectivity index (χ3v) is 3.31. The number of unbranched alkanes of at least 4 members (excludes halogenated alkanes) is 4. The highest BCUT2D eigenvalue weighted by Crippen LogP contribution is 2.03. The second-order valence-electron chi connectivity index (χ2n) is 4.21. The molecule has 0 aliphatic carbocycles. The van der Waals surface area contributed by atoms with Gasteiger partial charge >= 0.3 is 0 Å². The van der Waals surface area contributed by atoms with Crippen LogP contribution in [0.5, 0.6) is 0 Å². The molecule has 0 amide bonds. The Hall–Kier alpha value is -0.420. The number of thioether (sulfide) groups is 1. The molecule has 0 saturated carbocycles. The molecule has 5 heteroatoms. The number of oxime groups is 1. The zero-order chi connectivity index (χ0) is 12.8. The fourth-order valence-electron chi connectivity index (χ4n) is 1.58. The van der Waals surface area contributed by atoms with Crippen molar-refractivity contribution in [1.29, 1.82) is 0 Å². The summed E-state index contributed by atoms with van der Waals surface area (Å²) in [6.07, 6.45) is 10.2. The maximum absolute atomic E-state index is 8.34. The highest BCUT2D eigenvalue weighted by atomic mass is 32.2. The van der Waals surface area contributed by atoms with Crippen molar-refractivity contribution in [2.24, 2.45) is 10.9 Å². The van der Waals surface area contributed by atoms with Crippen molar-refractivity contribution >= 4 is 17.6 Å². The molecule has 0 aromatic heterocycles. The molecule has 0 rings (SSSR count). The van der Waals surface area contributed by atoms with E-state index in [9.17, 15) is 0 Å². The first-order valence-electron chi connectivity index (χ1n) is 6.47. The lowest BCUT2D eigenvalue weighted by Gasteiger charge is -2.04. The van der Waals surface area contributed by atoms with Crippen LogP contribution < -0.4 is 11.1 Å². The van der Waals surface area contributed by atoms with Gasteiger partial charge in [0.1, 0.15) is 5.84 Å². The van der Waals surface area contributed by atoms with E-state index >= 15 is 0 Å². The lowest BCUT2D eigenvalue weighted by molar-refractivity contribution is 0.316. The topological polar surface area (TPSA) is 70.6 Å². The Morgan fingerprint density at radius 3 is 2.41 bits per heavy atom. The van der Waals surface area contributed by atoms with Crippen LogP contribution in [0.4, 0.5) is 0 Å². The summed E-state index contributed by atoms with van der Waals surface area (Å²) in [6, 6.07) is 0. The Morgan fingerprint density at radius 2 is 1.76 bits per heavy atom. The van der Waals surface area contributed by atoms with Crippen molar-refractivity contribution in [2.45, 2.75) is 44.9 Å². The van der Waals surface area contributed by atoms with Crippen LogP contribution in [0.15, 0.2) is 5.16 Å². The van der Waals surface area contributed by atoms with Gasteiger partial charge < -0.3 is 16.3 Å². The third kappa shape index (κ3) is 13.5. The van der Waals surface area contributed by atoms with Crippen LogP contribution >= 0.6 is 11.8 Å². The molecular formula is C12H27N3OS. The fraction of sp³-hybridized carbons (Fsp3) is 0.917. The second-order valence-corrected chi connectivity index (χ2v) is 5.19. The third-order valence-electron chi connectivity index (χ3n) is 2.62. The first-order chi connectivity index (χ1) is 8.31. The van der Waals surface area contributed by atoms with Gasteiger partial charge in [-0.2, -0.15) is 11.8 Å². The summed E-state index contributed by atoms with van der Waals surface area (Å²) in [5.74, 6) is 1.63. The highest BCUT2D eigenvalue weighted by molar-refractivity contribution is 7.98. The van der Waals surface area contributed by atoms with Crippen molar-refractivity contribution in [1.82, 2.24) is 5.32 Å². The van der Waals surface area contributed by atoms with E-state index in [1.54, 1.807) is 0 Å². The molecule has 0 heterocycles. The molecule has 0 fully saturated rings. The summed E-state index contributed by atoms with van der Waals surface area (Å²) < 4.78 is 0. The number of nitrogens with zero attached hydrogens (tertiary/aromatic N) is 1. The maximum Gasteiger partial charge on any atom is 0.139 e. The van der Waals surface area contributed by atoms with Gasteiger partial charge in [-0.05, 0) is 50.8 Å². The van der Waals surface area contributed by atoms with Crippen molar-refractivity contribution < 1.29 is 5.21 Å². The Morgan fingerprint density at radius 1 is 1.12 bits per heavy atom. The summed E-state index contributed by atoms with van der Waals surface area (Å²) in [5.41, 5.74) is 5.37. The predicted molar refractivity (Wildman–Crippen MR) is 77.0 cm³/mol. The summed E-state index contributed by atoms with van der Waals surface area (Å²) in [6.45, 7) is 2.15. The number of hydrogen-bond acceptors (Lipinski definition) is 4. The van der Waals surface area contributed by atoms with Gasteiger partial charge in [-0.1, -0.05) is 18.0 Å². The lowest BCUT2D eigenvalue weighted by Crippen LogP contribution is -2.17. The number of hydrogen-bond donors (Lipinski definition) is 3. The van der Waals surface area contributed by atoms with Crippen molar-refractivity contribution in [2.75, 3.05) is 25.1 Å². The molecule has 4 N–H and O–H groups in total. The first-order valence-corrected chi connectivity index (χ1v) is 7.86. The monoisotopic (exact) mass is 261 g/mol. The van der Waals surface area contributed by atoms with Crippen molar-refractivity contribution in [3.63, 3.8) is 0 Å². The van der Waals surface area contributed by atoms with Crippen molar-refractivity contribution in [3.8, 4) is 0 Å². The molecule has 4 nitrogen and oxygen atoms in total. The molecule has 0 atom stereocenters. The zero-order valence-electron chi connectivity index (χ0n) is 11.0. The normalized spacial score (nSPS) is 11.9. The molecule has 0 unspecified atom stereocenters. The van der Waals surface area contributed by atoms with E-state index in [-0.39, 0.29) is 0 Å². The molecule has 0 bridgehead atoms. The molecule has 0 aliphatic rings. The van der Waals surface area contributed by atoms with Gasteiger partial charge in [-0.15, -0.1) is 0 Å². The van der Waals surface area contributed by atoms with E-state index in [0.717, 1.165) is 25.9 Å². The predicted octanol–water partition coefficient (Wildman–Crippen LogP) is 2.42. The Balaban J connectivity index is 2.99. The Bertz CT molecular complexity index is 189. The van der Waals surface area contributed by atoms with Crippen molar-refractivity contribution in [3.05, 3.63) is 0 Å². The minimum atomic E-state index is 0.332. The van der Waals surface area contributed by atoms with Crippen LogP contribution in [0.2, 0.25) is 0 Å². The van der Waals surface area contributed by atoms with Crippen LogP contribution in [0.1, 0.15) is 44.9 Å². The Labute approximate surface area is 109 Å². The van der Waals surface area contributed by atoms with Gasteiger partial charge in [0.05, 0.1) is 0 Å². The van der Waals surface area contributed by atoms with E-state index in [4.69, 9.17) is 10.9 Å². The van der Waals surface area contributed by atoms with E-state index < -0.39 is 0 Å². The molecule has 102 valence electrons. The quantitative estimate of drug-likeness (QED) is 0.166. The van der Waals surface area contributed by atoms with E-state index in [0.29, 0.717) is 12.3 Å². The first kappa shape index (κ1) is 16.6. The molecule has 17 heavy (non-hydrogen) atoms. The summed E-state index contributed by atoms with van der Waals surface area (Å²) in [7, 11) is 0. The zero-order valence-corrected chi connectivity index (χ0v) is 11.8. The molecule has 0 aromatic carbocycles. The number of rotatable bonds is 12. The van der Waals surface area contributed by atoms with Gasteiger partial charge in [0, 0.05) is 6.42 Å². The molecule has 0 saturated heterocycles. The van der Waals surface area contributed by atoms with Gasteiger partial charge in [-0.3, -0.25) is 0 Å². The van der Waals surface area contributed by atoms with Gasteiger partial charge in [0.25, 0.3) is 0 Å². The Kier molecular flexibility index (Phi) is 13.3. The smallest absolute Gasteiger partial charge is 0.139 e. The summed E-state index contributed by atoms with van der Waals surface area (Å²) in [5, 5.41) is 14.7. The van der Waals surface area contributed by atoms with Crippen LogP contribution in [-0.2, 0) is 0 Å². The van der Waals surface area contributed by atoms with E-state index in [2.05, 4.69) is 16.7 Å². The minimum absolute atomic E-state index is 0.332. The molecule has 0 aliphatic heterocycles. The molecule has 0 radical (unpaired) electrons. The standard InChI is InChI=1S/C12H27N3OS/c1-17-11-7-3-2-5-9-14-10-6-4-8-12(13)15-16/h14,16H,2-11H2,1H3,(H2,13,15). The average molecular weight is 261 g/mol. The van der Waals surface area contributed by atoms with Gasteiger partial charge in [0.15, 0.2) is 0 Å². The molecule has 0 aromatic rings. The van der Waals surface area contributed by atoms with Crippen LogP contribution in [0.3, 0.4) is 0 Å². The SMILES string of the molecule is CSCCCCCCNCCCCC(N)=NO. The van der Waals surface area contributed by atoms with Crippen LogP contribution in [-0.4, -0.2) is 36.1 Å². The number of amidine groups is 1. The van der Waals surface area contributed by atoms with Gasteiger partial charge in [0.2, 0.25) is 0 Å². The molecular weight excluding hydrogens is 234 g/mol. The second kappa shape index (κ2) is 13.6. The summed E-state index contributed by atoms with van der Waals surface area (Å²) in [4.78, 5) is 0. The summed E-state index contributed by atoms with van der Waals surface area (Å²) >= 11 is 1.93. The van der Waals surface area contributed by atoms with Crippen LogP contribution in [0, 0.1) is 0 Å². The van der Waals surface area contributed by atoms with E-state index in [1.165, 1.54) is 31.4 Å². The lowest BCUT2D eigenvalue weighted by atomic mass is 10.2. The minimum Gasteiger partial charge on any atom is -0.409 e. The average Bonchev–Trinajstić information content (AvgIpc) is 2.35. The van der Waals surface area contributed by atoms with Crippen LogP contribution in [0.25, 0.3) is 0 Å². The number of nitrogens with two attached hydrogens (primary N) is 1. The highest BCUT2D eigenvalue weighted by Gasteiger charge is 1.94. The van der Waals surface area contributed by atoms with Gasteiger partial charge in [-0.25, -0.2) is 0 Å². The number of nitrogens with one attached hydrogen (secondary N) is 1.